The standard InChI is InChI=1S/C18H22N4O2S/c1-13-19-11-16(25-13)12-21(2)18(24)20-15-7-5-6-14(10-15)17(23)22-8-3-4-9-22/h5-7,10-11H,3-4,8-9,12H2,1-2H3,(H,20,24). The van der Waals surface area contributed by atoms with E-state index in [2.05, 4.69) is 10.3 Å². The highest BCUT2D eigenvalue weighted by Crippen LogP contribution is 2.18. The van der Waals surface area contributed by atoms with Crippen LogP contribution < -0.4 is 5.32 Å². The topological polar surface area (TPSA) is 65.5 Å². The minimum absolute atomic E-state index is 0.0297. The number of benzene rings is 1. The molecule has 1 aromatic heterocycles. The van der Waals surface area contributed by atoms with Gasteiger partial charge in [-0.05, 0) is 38.0 Å². The van der Waals surface area contributed by atoms with E-state index in [9.17, 15) is 9.59 Å². The maximum absolute atomic E-state index is 12.5. The Morgan fingerprint density at radius 1 is 1.32 bits per heavy atom. The molecule has 25 heavy (non-hydrogen) atoms. The number of nitrogens with one attached hydrogen (secondary N) is 1. The predicted molar refractivity (Wildman–Crippen MR) is 98.9 cm³/mol. The van der Waals surface area contributed by atoms with Gasteiger partial charge in [0.2, 0.25) is 0 Å². The van der Waals surface area contributed by atoms with E-state index < -0.39 is 0 Å². The number of thiazole rings is 1. The molecule has 1 aromatic carbocycles. The van der Waals surface area contributed by atoms with Gasteiger partial charge in [-0.3, -0.25) is 4.79 Å². The Kier molecular flexibility index (Phi) is 5.33. The second kappa shape index (κ2) is 7.65. The Balaban J connectivity index is 1.62. The van der Waals surface area contributed by atoms with E-state index in [0.717, 1.165) is 35.8 Å². The van der Waals surface area contributed by atoms with Gasteiger partial charge in [-0.25, -0.2) is 9.78 Å². The van der Waals surface area contributed by atoms with Crippen molar-refractivity contribution in [3.8, 4) is 0 Å². The lowest BCUT2D eigenvalue weighted by Gasteiger charge is -2.18. The lowest BCUT2D eigenvalue weighted by molar-refractivity contribution is 0.0793. The monoisotopic (exact) mass is 358 g/mol. The largest absolute Gasteiger partial charge is 0.339 e. The summed E-state index contributed by atoms with van der Waals surface area (Å²) in [5, 5.41) is 3.84. The summed E-state index contributed by atoms with van der Waals surface area (Å²) >= 11 is 1.58. The van der Waals surface area contributed by atoms with Crippen molar-refractivity contribution in [3.63, 3.8) is 0 Å². The van der Waals surface area contributed by atoms with Gasteiger partial charge in [0.1, 0.15) is 0 Å². The van der Waals surface area contributed by atoms with Gasteiger partial charge >= 0.3 is 6.03 Å². The van der Waals surface area contributed by atoms with Gasteiger partial charge in [0.05, 0.1) is 11.6 Å². The zero-order valence-corrected chi connectivity index (χ0v) is 15.3. The third-order valence-electron chi connectivity index (χ3n) is 4.16. The van der Waals surface area contributed by atoms with Crippen LogP contribution in [-0.4, -0.2) is 46.9 Å². The molecule has 7 heteroatoms. The summed E-state index contributed by atoms with van der Waals surface area (Å²) in [6.45, 7) is 4.07. The molecule has 0 saturated carbocycles. The number of rotatable bonds is 4. The molecule has 2 aromatic rings. The van der Waals surface area contributed by atoms with E-state index in [-0.39, 0.29) is 11.9 Å². The molecular weight excluding hydrogens is 336 g/mol. The molecule has 0 bridgehead atoms. The molecule has 3 rings (SSSR count). The van der Waals surface area contributed by atoms with Gasteiger partial charge in [-0.2, -0.15) is 0 Å². The zero-order chi connectivity index (χ0) is 17.8. The number of anilines is 1. The highest BCUT2D eigenvalue weighted by Gasteiger charge is 2.20. The molecule has 1 saturated heterocycles. The van der Waals surface area contributed by atoms with Crippen LogP contribution >= 0.6 is 11.3 Å². The second-order valence-corrected chi connectivity index (χ2v) is 7.53. The van der Waals surface area contributed by atoms with Gasteiger partial charge in [-0.15, -0.1) is 11.3 Å². The van der Waals surface area contributed by atoms with Crippen molar-refractivity contribution in [1.29, 1.82) is 0 Å². The Labute approximate surface area is 151 Å². The van der Waals surface area contributed by atoms with Crippen molar-refractivity contribution in [2.45, 2.75) is 26.3 Å². The first-order valence-electron chi connectivity index (χ1n) is 8.36. The average molecular weight is 358 g/mol. The fourth-order valence-electron chi connectivity index (χ4n) is 2.84. The molecule has 132 valence electrons. The van der Waals surface area contributed by atoms with Gasteiger partial charge < -0.3 is 15.1 Å². The number of urea groups is 1. The molecule has 0 radical (unpaired) electrons. The van der Waals surface area contributed by atoms with E-state index in [1.165, 1.54) is 0 Å². The molecule has 1 aliphatic rings. The molecule has 0 atom stereocenters. The fourth-order valence-corrected chi connectivity index (χ4v) is 3.68. The molecular formula is C18H22N4O2S. The van der Waals surface area contributed by atoms with Crippen molar-refractivity contribution in [2.75, 3.05) is 25.5 Å². The van der Waals surface area contributed by atoms with E-state index >= 15 is 0 Å². The Hall–Kier alpha value is -2.41. The van der Waals surface area contributed by atoms with Crippen molar-refractivity contribution < 1.29 is 9.59 Å². The summed E-state index contributed by atoms with van der Waals surface area (Å²) in [6, 6.07) is 6.91. The molecule has 0 unspecified atom stereocenters. The summed E-state index contributed by atoms with van der Waals surface area (Å²) in [5.74, 6) is 0.0297. The third kappa shape index (κ3) is 4.36. The predicted octanol–water partition coefficient (Wildman–Crippen LogP) is 3.35. The van der Waals surface area contributed by atoms with Gasteiger partial charge in [0.25, 0.3) is 5.91 Å². The number of aromatic nitrogens is 1. The second-order valence-electron chi connectivity index (χ2n) is 6.21. The van der Waals surface area contributed by atoms with Crippen LogP contribution in [0, 0.1) is 6.92 Å². The Bertz CT molecular complexity index is 768. The van der Waals surface area contributed by atoms with E-state index in [1.54, 1.807) is 53.7 Å². The first-order chi connectivity index (χ1) is 12.0. The van der Waals surface area contributed by atoms with Crippen molar-refractivity contribution >= 4 is 29.0 Å². The molecule has 6 nitrogen and oxygen atoms in total. The molecule has 3 amide bonds. The van der Waals surface area contributed by atoms with Crippen LogP contribution in [0.5, 0.6) is 0 Å². The van der Waals surface area contributed by atoms with Crippen LogP contribution in [0.2, 0.25) is 0 Å². The van der Waals surface area contributed by atoms with Crippen molar-refractivity contribution in [2.24, 2.45) is 0 Å². The lowest BCUT2D eigenvalue weighted by Crippen LogP contribution is -2.31. The minimum atomic E-state index is -0.211. The quantitative estimate of drug-likeness (QED) is 0.911. The van der Waals surface area contributed by atoms with Crippen LogP contribution in [0.3, 0.4) is 0 Å². The summed E-state index contributed by atoms with van der Waals surface area (Å²) in [4.78, 5) is 33.5. The molecule has 1 N–H and O–H groups in total. The van der Waals surface area contributed by atoms with Crippen molar-refractivity contribution in [1.82, 2.24) is 14.8 Å². The van der Waals surface area contributed by atoms with E-state index in [1.807, 2.05) is 11.8 Å². The number of hydrogen-bond donors (Lipinski definition) is 1. The highest BCUT2D eigenvalue weighted by molar-refractivity contribution is 7.11. The number of amides is 3. The maximum atomic E-state index is 12.5. The maximum Gasteiger partial charge on any atom is 0.321 e. The lowest BCUT2D eigenvalue weighted by atomic mass is 10.2. The number of likely N-dealkylation sites (tertiary alicyclic amines) is 1. The number of nitrogens with zero attached hydrogens (tertiary/aromatic N) is 3. The van der Waals surface area contributed by atoms with Gasteiger partial charge in [0, 0.05) is 42.5 Å². The minimum Gasteiger partial charge on any atom is -0.339 e. The average Bonchev–Trinajstić information content (AvgIpc) is 3.26. The van der Waals surface area contributed by atoms with Crippen LogP contribution in [0.15, 0.2) is 30.5 Å². The van der Waals surface area contributed by atoms with E-state index in [0.29, 0.717) is 17.8 Å². The summed E-state index contributed by atoms with van der Waals surface area (Å²) in [6.07, 6.45) is 3.91. The number of aryl methyl sites for hydroxylation is 1. The molecule has 1 aliphatic heterocycles. The van der Waals surface area contributed by atoms with E-state index in [4.69, 9.17) is 0 Å². The van der Waals surface area contributed by atoms with Crippen LogP contribution in [0.25, 0.3) is 0 Å². The number of carbonyl (C=O) groups is 2. The van der Waals surface area contributed by atoms with Crippen LogP contribution in [0.1, 0.15) is 33.1 Å². The molecule has 1 fully saturated rings. The number of hydrogen-bond acceptors (Lipinski definition) is 4. The Morgan fingerprint density at radius 2 is 2.08 bits per heavy atom. The number of carbonyl (C=O) groups excluding carboxylic acids is 2. The summed E-state index contributed by atoms with van der Waals surface area (Å²) in [5.41, 5.74) is 1.24. The normalized spacial score (nSPS) is 13.8. The zero-order valence-electron chi connectivity index (χ0n) is 14.5. The third-order valence-corrected chi connectivity index (χ3v) is 5.06. The fraction of sp³-hybridized carbons (Fsp3) is 0.389. The first-order valence-corrected chi connectivity index (χ1v) is 9.17. The smallest absolute Gasteiger partial charge is 0.321 e. The molecule has 2 heterocycles. The van der Waals surface area contributed by atoms with Gasteiger partial charge in [-0.1, -0.05) is 6.07 Å². The van der Waals surface area contributed by atoms with Crippen LogP contribution in [-0.2, 0) is 6.54 Å². The van der Waals surface area contributed by atoms with Crippen LogP contribution in [0.4, 0.5) is 10.5 Å². The first kappa shape index (κ1) is 17.4. The highest BCUT2D eigenvalue weighted by atomic mass is 32.1. The Morgan fingerprint density at radius 3 is 2.76 bits per heavy atom. The van der Waals surface area contributed by atoms with Crippen molar-refractivity contribution in [3.05, 3.63) is 45.9 Å². The summed E-state index contributed by atoms with van der Waals surface area (Å²) in [7, 11) is 1.74. The van der Waals surface area contributed by atoms with Gasteiger partial charge in [0.15, 0.2) is 0 Å². The summed E-state index contributed by atoms with van der Waals surface area (Å²) < 4.78 is 0. The SMILES string of the molecule is Cc1ncc(CN(C)C(=O)Nc2cccc(C(=O)N3CCCC3)c2)s1. The molecule has 0 aliphatic carbocycles. The molecule has 0 spiro atoms.